The molecule has 10 nitrogen and oxygen atoms in total. The second-order valence-electron chi connectivity index (χ2n) is 8.85. The van der Waals surface area contributed by atoms with Crippen molar-refractivity contribution in [2.75, 3.05) is 5.32 Å². The fourth-order valence-corrected chi connectivity index (χ4v) is 4.53. The summed E-state index contributed by atoms with van der Waals surface area (Å²) in [5.41, 5.74) is 1.44. The number of hydrogen-bond acceptors (Lipinski definition) is 7. The summed E-state index contributed by atoms with van der Waals surface area (Å²) in [6.45, 7) is 0. The SMILES string of the molecule is O=C(O)c1cc2cc(Br)ccc2nc1NC(Cc1ccc(Oc2nc3ccccc3cc2C(=O)O)cc1)C(=O)O. The molecule has 40 heavy (non-hydrogen) atoms. The quantitative estimate of drug-likeness (QED) is 0.161. The maximum Gasteiger partial charge on any atom is 0.341 e. The van der Waals surface area contributed by atoms with Crippen molar-refractivity contribution in [3.63, 3.8) is 0 Å². The van der Waals surface area contributed by atoms with Gasteiger partial charge in [-0.15, -0.1) is 0 Å². The minimum Gasteiger partial charge on any atom is -0.480 e. The predicted octanol–water partition coefficient (Wildman–Crippen LogP) is 5.84. The Morgan fingerprint density at radius 2 is 1.48 bits per heavy atom. The first-order valence-corrected chi connectivity index (χ1v) is 12.7. The number of carbonyl (C=O) groups is 3. The molecule has 4 N–H and O–H groups in total. The van der Waals surface area contributed by atoms with Crippen molar-refractivity contribution in [1.82, 2.24) is 9.97 Å². The van der Waals surface area contributed by atoms with E-state index in [4.69, 9.17) is 4.74 Å². The van der Waals surface area contributed by atoms with E-state index in [-0.39, 0.29) is 29.2 Å². The second-order valence-corrected chi connectivity index (χ2v) is 9.77. The van der Waals surface area contributed by atoms with Gasteiger partial charge in [-0.1, -0.05) is 46.3 Å². The number of hydrogen-bond donors (Lipinski definition) is 4. The smallest absolute Gasteiger partial charge is 0.341 e. The van der Waals surface area contributed by atoms with Gasteiger partial charge in [-0.3, -0.25) is 0 Å². The minimum absolute atomic E-state index is 0.00330. The van der Waals surface area contributed by atoms with Crippen molar-refractivity contribution in [2.24, 2.45) is 0 Å². The number of nitrogens with zero attached hydrogens (tertiary/aromatic N) is 2. The first kappa shape index (κ1) is 26.6. The van der Waals surface area contributed by atoms with Gasteiger partial charge >= 0.3 is 17.9 Å². The molecule has 3 aromatic carbocycles. The van der Waals surface area contributed by atoms with E-state index in [0.717, 1.165) is 4.47 Å². The third-order valence-electron chi connectivity index (χ3n) is 6.11. The number of aromatic nitrogens is 2. The first-order chi connectivity index (χ1) is 19.2. The van der Waals surface area contributed by atoms with Crippen molar-refractivity contribution in [3.05, 3.63) is 100 Å². The molecule has 0 aliphatic rings. The lowest BCUT2D eigenvalue weighted by atomic mass is 10.0. The Morgan fingerprint density at radius 1 is 0.800 bits per heavy atom. The van der Waals surface area contributed by atoms with Gasteiger partial charge in [-0.25, -0.2) is 24.4 Å². The van der Waals surface area contributed by atoms with Crippen molar-refractivity contribution in [1.29, 1.82) is 0 Å². The molecule has 0 aliphatic heterocycles. The second kappa shape index (κ2) is 11.0. The summed E-state index contributed by atoms with van der Waals surface area (Å²) in [5.74, 6) is -3.44. The zero-order valence-electron chi connectivity index (χ0n) is 20.5. The molecule has 0 spiro atoms. The van der Waals surface area contributed by atoms with Crippen LogP contribution in [-0.2, 0) is 11.2 Å². The van der Waals surface area contributed by atoms with E-state index >= 15 is 0 Å². The molecule has 2 heterocycles. The standard InChI is InChI=1S/C29H20BrN3O7/c30-18-7-10-23-17(12-18)14-20(27(34)35)25(31-23)32-24(29(38)39)11-15-5-8-19(9-6-15)40-26-21(28(36)37)13-16-3-1-2-4-22(16)33-26/h1-10,12-14,24H,11H2,(H,31,32)(H,34,35)(H,36,37)(H,38,39). The predicted molar refractivity (Wildman–Crippen MR) is 150 cm³/mol. The molecule has 0 fully saturated rings. The van der Waals surface area contributed by atoms with Gasteiger partial charge < -0.3 is 25.4 Å². The van der Waals surface area contributed by atoms with Gasteiger partial charge in [-0.2, -0.15) is 0 Å². The number of nitrogens with one attached hydrogen (secondary N) is 1. The highest BCUT2D eigenvalue weighted by Crippen LogP contribution is 2.28. The molecule has 0 amide bonds. The summed E-state index contributed by atoms with van der Waals surface area (Å²) in [4.78, 5) is 44.4. The molecule has 5 aromatic rings. The van der Waals surface area contributed by atoms with Crippen LogP contribution in [0.5, 0.6) is 11.6 Å². The average Bonchev–Trinajstić information content (AvgIpc) is 2.92. The topological polar surface area (TPSA) is 159 Å². The lowest BCUT2D eigenvalue weighted by Crippen LogP contribution is -2.32. The number of benzene rings is 3. The lowest BCUT2D eigenvalue weighted by molar-refractivity contribution is -0.137. The monoisotopic (exact) mass is 601 g/mol. The van der Waals surface area contributed by atoms with Gasteiger partial charge in [0.2, 0.25) is 5.88 Å². The number of carboxylic acids is 3. The fourth-order valence-electron chi connectivity index (χ4n) is 4.16. The van der Waals surface area contributed by atoms with Crippen molar-refractivity contribution < 1.29 is 34.4 Å². The number of pyridine rings is 2. The van der Waals surface area contributed by atoms with Gasteiger partial charge in [0.05, 0.1) is 11.0 Å². The molecule has 1 atom stereocenters. The van der Waals surface area contributed by atoms with Crippen LogP contribution < -0.4 is 10.1 Å². The molecule has 5 rings (SSSR count). The molecular formula is C29H20BrN3O7. The average molecular weight is 602 g/mol. The number of fused-ring (bicyclic) bond motifs is 2. The molecule has 200 valence electrons. The van der Waals surface area contributed by atoms with E-state index in [2.05, 4.69) is 31.2 Å². The van der Waals surface area contributed by atoms with Gasteiger partial charge in [0.15, 0.2) is 0 Å². The van der Waals surface area contributed by atoms with Crippen LogP contribution in [-0.4, -0.2) is 49.2 Å². The third-order valence-corrected chi connectivity index (χ3v) is 6.61. The van der Waals surface area contributed by atoms with Gasteiger partial charge in [0, 0.05) is 21.7 Å². The van der Waals surface area contributed by atoms with E-state index in [1.807, 2.05) is 0 Å². The molecule has 11 heteroatoms. The Bertz CT molecular complexity index is 1790. The highest BCUT2D eigenvalue weighted by Gasteiger charge is 2.23. The summed E-state index contributed by atoms with van der Waals surface area (Å²) >= 11 is 3.34. The maximum atomic E-state index is 12.1. The molecular weight excluding hydrogens is 582 g/mol. The van der Waals surface area contributed by atoms with E-state index in [1.54, 1.807) is 66.7 Å². The number of halogens is 1. The molecule has 0 saturated heterocycles. The van der Waals surface area contributed by atoms with Crippen LogP contribution in [0.25, 0.3) is 21.8 Å². The third kappa shape index (κ3) is 5.69. The van der Waals surface area contributed by atoms with Crippen LogP contribution in [0, 0.1) is 0 Å². The Morgan fingerprint density at radius 3 is 2.17 bits per heavy atom. The van der Waals surface area contributed by atoms with Gasteiger partial charge in [0.1, 0.15) is 28.7 Å². The number of aliphatic carboxylic acids is 1. The Labute approximate surface area is 235 Å². The van der Waals surface area contributed by atoms with Crippen LogP contribution in [0.2, 0.25) is 0 Å². The molecule has 2 aromatic heterocycles. The normalized spacial score (nSPS) is 11.7. The fraction of sp³-hybridized carbons (Fsp3) is 0.0690. The number of anilines is 1. The lowest BCUT2D eigenvalue weighted by Gasteiger charge is -2.17. The summed E-state index contributed by atoms with van der Waals surface area (Å²) < 4.78 is 6.53. The van der Waals surface area contributed by atoms with Gasteiger partial charge in [-0.05, 0) is 54.1 Å². The molecule has 0 aliphatic carbocycles. The summed E-state index contributed by atoms with van der Waals surface area (Å²) in [6, 6.07) is 20.4. The highest BCUT2D eigenvalue weighted by molar-refractivity contribution is 9.10. The number of aromatic carboxylic acids is 2. The Balaban J connectivity index is 1.37. The van der Waals surface area contributed by atoms with E-state index in [0.29, 0.717) is 33.1 Å². The number of carboxylic acid groups (broad SMARTS) is 3. The summed E-state index contributed by atoms with van der Waals surface area (Å²) in [5, 5.41) is 33.2. The first-order valence-electron chi connectivity index (χ1n) is 11.9. The van der Waals surface area contributed by atoms with Crippen molar-refractivity contribution >= 4 is 61.5 Å². The van der Waals surface area contributed by atoms with Crippen LogP contribution in [0.3, 0.4) is 0 Å². The molecule has 0 radical (unpaired) electrons. The van der Waals surface area contributed by atoms with Crippen LogP contribution in [0.4, 0.5) is 5.82 Å². The van der Waals surface area contributed by atoms with Crippen molar-refractivity contribution in [3.8, 4) is 11.6 Å². The number of ether oxygens (including phenoxy) is 1. The minimum atomic E-state index is -1.24. The Kier molecular flexibility index (Phi) is 7.30. The van der Waals surface area contributed by atoms with Crippen molar-refractivity contribution in [2.45, 2.75) is 12.5 Å². The maximum absolute atomic E-state index is 12.1. The Hall–Kier alpha value is -5.03. The molecule has 0 saturated carbocycles. The van der Waals surface area contributed by atoms with E-state index in [1.165, 1.54) is 12.1 Å². The van der Waals surface area contributed by atoms with E-state index in [9.17, 15) is 29.7 Å². The molecule has 0 bridgehead atoms. The van der Waals surface area contributed by atoms with Crippen LogP contribution in [0.1, 0.15) is 26.3 Å². The summed E-state index contributed by atoms with van der Waals surface area (Å²) in [7, 11) is 0. The van der Waals surface area contributed by atoms with E-state index < -0.39 is 23.9 Å². The van der Waals surface area contributed by atoms with Gasteiger partial charge in [0.25, 0.3) is 0 Å². The van der Waals surface area contributed by atoms with Crippen LogP contribution >= 0.6 is 15.9 Å². The van der Waals surface area contributed by atoms with Crippen LogP contribution in [0.15, 0.2) is 83.3 Å². The summed E-state index contributed by atoms with van der Waals surface area (Å²) in [6.07, 6.45) is 0.00330. The zero-order chi connectivity index (χ0) is 28.4. The number of rotatable bonds is 9. The largest absolute Gasteiger partial charge is 0.480 e. The zero-order valence-corrected chi connectivity index (χ0v) is 22.1. The molecule has 1 unspecified atom stereocenters. The highest BCUT2D eigenvalue weighted by atomic mass is 79.9. The number of para-hydroxylation sites is 1.